The van der Waals surface area contributed by atoms with E-state index in [0.717, 1.165) is 11.4 Å². The molecule has 0 aliphatic heterocycles. The lowest BCUT2D eigenvalue weighted by Crippen LogP contribution is -2.11. The highest BCUT2D eigenvalue weighted by atomic mass is 16.5. The van der Waals surface area contributed by atoms with Crippen LogP contribution in [0.1, 0.15) is 39.0 Å². The van der Waals surface area contributed by atoms with Crippen molar-refractivity contribution in [3.05, 3.63) is 41.6 Å². The van der Waals surface area contributed by atoms with Crippen LogP contribution in [0.2, 0.25) is 0 Å². The van der Waals surface area contributed by atoms with Crippen LogP contribution in [-0.2, 0) is 10.2 Å². The Bertz CT molecular complexity index is 619. The second-order valence-corrected chi connectivity index (χ2v) is 5.93. The van der Waals surface area contributed by atoms with E-state index >= 15 is 0 Å². The van der Waals surface area contributed by atoms with Crippen molar-refractivity contribution >= 4 is 5.97 Å². The molecule has 4 nitrogen and oxygen atoms in total. The third-order valence-electron chi connectivity index (χ3n) is 3.03. The number of aromatic nitrogens is 2. The van der Waals surface area contributed by atoms with Crippen LogP contribution in [0.25, 0.3) is 5.69 Å². The summed E-state index contributed by atoms with van der Waals surface area (Å²) >= 11 is 0. The van der Waals surface area contributed by atoms with Crippen molar-refractivity contribution in [2.75, 3.05) is 0 Å². The maximum absolute atomic E-state index is 11.1. The Balaban J connectivity index is 2.39. The Morgan fingerprint density at radius 2 is 1.80 bits per heavy atom. The van der Waals surface area contributed by atoms with Gasteiger partial charge in [-0.2, -0.15) is 5.10 Å². The van der Waals surface area contributed by atoms with Crippen LogP contribution in [0.5, 0.6) is 5.88 Å². The zero-order chi connectivity index (χ0) is 14.9. The second kappa shape index (κ2) is 5.12. The van der Waals surface area contributed by atoms with E-state index in [1.54, 1.807) is 10.7 Å². The number of ether oxygens (including phenoxy) is 1. The van der Waals surface area contributed by atoms with Gasteiger partial charge in [-0.1, -0.05) is 32.9 Å². The summed E-state index contributed by atoms with van der Waals surface area (Å²) in [6.45, 7) is 9.77. The van der Waals surface area contributed by atoms with E-state index in [2.05, 4.69) is 38.0 Å². The van der Waals surface area contributed by atoms with Crippen molar-refractivity contribution in [2.45, 2.75) is 40.0 Å². The molecule has 0 fully saturated rings. The first kappa shape index (κ1) is 14.3. The van der Waals surface area contributed by atoms with Gasteiger partial charge in [0.1, 0.15) is 0 Å². The van der Waals surface area contributed by atoms with Crippen molar-refractivity contribution in [3.63, 3.8) is 0 Å². The Morgan fingerprint density at radius 3 is 2.30 bits per heavy atom. The highest BCUT2D eigenvalue weighted by Gasteiger charge is 2.15. The van der Waals surface area contributed by atoms with E-state index in [-0.39, 0.29) is 11.4 Å². The van der Waals surface area contributed by atoms with Gasteiger partial charge in [0.05, 0.1) is 11.4 Å². The first-order valence-corrected chi connectivity index (χ1v) is 6.63. The summed E-state index contributed by atoms with van der Waals surface area (Å²) in [6.07, 6.45) is 0. The molecule has 0 saturated carbocycles. The minimum absolute atomic E-state index is 0.108. The molecule has 106 valence electrons. The fourth-order valence-corrected chi connectivity index (χ4v) is 1.98. The molecule has 4 heteroatoms. The number of benzene rings is 1. The largest absolute Gasteiger partial charge is 0.408 e. The molecule has 1 aromatic carbocycles. The molecule has 2 rings (SSSR count). The molecule has 0 unspecified atom stereocenters. The van der Waals surface area contributed by atoms with Gasteiger partial charge >= 0.3 is 5.97 Å². The number of nitrogens with zero attached hydrogens (tertiary/aromatic N) is 2. The van der Waals surface area contributed by atoms with Crippen LogP contribution in [-0.4, -0.2) is 15.7 Å². The SMILES string of the molecule is CC(=O)Oc1cc(C)nn1-c1ccc(C(C)(C)C)cc1. The van der Waals surface area contributed by atoms with Crippen molar-refractivity contribution < 1.29 is 9.53 Å². The van der Waals surface area contributed by atoms with Gasteiger partial charge in [-0.25, -0.2) is 4.68 Å². The number of rotatable bonds is 2. The van der Waals surface area contributed by atoms with Crippen LogP contribution in [0.3, 0.4) is 0 Å². The summed E-state index contributed by atoms with van der Waals surface area (Å²) in [4.78, 5) is 11.1. The highest BCUT2D eigenvalue weighted by Crippen LogP contribution is 2.25. The highest BCUT2D eigenvalue weighted by molar-refractivity contribution is 5.69. The molecule has 0 aliphatic carbocycles. The smallest absolute Gasteiger partial charge is 0.309 e. The summed E-state index contributed by atoms with van der Waals surface area (Å²) in [5, 5.41) is 4.37. The third-order valence-corrected chi connectivity index (χ3v) is 3.03. The van der Waals surface area contributed by atoms with Gasteiger partial charge in [0.25, 0.3) is 0 Å². The fourth-order valence-electron chi connectivity index (χ4n) is 1.98. The average Bonchev–Trinajstić information content (AvgIpc) is 2.68. The van der Waals surface area contributed by atoms with E-state index in [0.29, 0.717) is 5.88 Å². The first-order chi connectivity index (χ1) is 9.27. The lowest BCUT2D eigenvalue weighted by molar-refractivity contribution is -0.132. The Kier molecular flexibility index (Phi) is 3.66. The van der Waals surface area contributed by atoms with Gasteiger partial charge in [-0.3, -0.25) is 4.79 Å². The molecule has 0 saturated heterocycles. The molecule has 1 aromatic heterocycles. The van der Waals surface area contributed by atoms with Gasteiger partial charge in [-0.15, -0.1) is 0 Å². The summed E-state index contributed by atoms with van der Waals surface area (Å²) in [7, 11) is 0. The van der Waals surface area contributed by atoms with E-state index in [9.17, 15) is 4.79 Å². The Labute approximate surface area is 119 Å². The summed E-state index contributed by atoms with van der Waals surface area (Å²) in [5.41, 5.74) is 3.04. The normalized spacial score (nSPS) is 11.4. The predicted octanol–water partition coefficient (Wildman–Crippen LogP) is 3.40. The number of hydrogen-bond acceptors (Lipinski definition) is 3. The van der Waals surface area contributed by atoms with Crippen LogP contribution < -0.4 is 4.74 Å². The first-order valence-electron chi connectivity index (χ1n) is 6.63. The quantitative estimate of drug-likeness (QED) is 0.787. The predicted molar refractivity (Wildman–Crippen MR) is 78.3 cm³/mol. The molecule has 20 heavy (non-hydrogen) atoms. The minimum atomic E-state index is -0.350. The second-order valence-electron chi connectivity index (χ2n) is 5.93. The topological polar surface area (TPSA) is 44.1 Å². The molecule has 0 radical (unpaired) electrons. The molecule has 0 atom stereocenters. The Morgan fingerprint density at radius 1 is 1.20 bits per heavy atom. The monoisotopic (exact) mass is 272 g/mol. The lowest BCUT2D eigenvalue weighted by atomic mass is 9.87. The van der Waals surface area contributed by atoms with Crippen LogP contribution in [0.4, 0.5) is 0 Å². The van der Waals surface area contributed by atoms with E-state index in [1.165, 1.54) is 12.5 Å². The fraction of sp³-hybridized carbons (Fsp3) is 0.375. The maximum atomic E-state index is 11.1. The van der Waals surface area contributed by atoms with Crippen molar-refractivity contribution in [1.82, 2.24) is 9.78 Å². The zero-order valence-electron chi connectivity index (χ0n) is 12.6. The molecule has 0 aliphatic rings. The van der Waals surface area contributed by atoms with Crippen molar-refractivity contribution in [2.24, 2.45) is 0 Å². The van der Waals surface area contributed by atoms with Gasteiger partial charge in [0, 0.05) is 13.0 Å². The Hall–Kier alpha value is -2.10. The maximum Gasteiger partial charge on any atom is 0.309 e. The van der Waals surface area contributed by atoms with Gasteiger partial charge < -0.3 is 4.74 Å². The minimum Gasteiger partial charge on any atom is -0.408 e. The molecule has 0 spiro atoms. The third kappa shape index (κ3) is 3.07. The van der Waals surface area contributed by atoms with E-state index in [1.807, 2.05) is 19.1 Å². The molecule has 1 heterocycles. The zero-order valence-corrected chi connectivity index (χ0v) is 12.6. The van der Waals surface area contributed by atoms with Crippen LogP contribution in [0.15, 0.2) is 30.3 Å². The molecular formula is C16H20N2O2. The van der Waals surface area contributed by atoms with Crippen molar-refractivity contribution in [1.29, 1.82) is 0 Å². The number of esters is 1. The van der Waals surface area contributed by atoms with Gasteiger partial charge in [0.15, 0.2) is 0 Å². The van der Waals surface area contributed by atoms with Crippen LogP contribution in [0, 0.1) is 6.92 Å². The summed E-state index contributed by atoms with van der Waals surface area (Å²) in [5.74, 6) is 0.0935. The summed E-state index contributed by atoms with van der Waals surface area (Å²) < 4.78 is 6.82. The summed E-state index contributed by atoms with van der Waals surface area (Å²) in [6, 6.07) is 9.87. The molecule has 0 bridgehead atoms. The van der Waals surface area contributed by atoms with Crippen molar-refractivity contribution in [3.8, 4) is 11.6 Å². The lowest BCUT2D eigenvalue weighted by Gasteiger charge is -2.19. The molecule has 0 N–H and O–H groups in total. The average molecular weight is 272 g/mol. The number of carbonyl (C=O) groups is 1. The number of hydrogen-bond donors (Lipinski definition) is 0. The standard InChI is InChI=1S/C16H20N2O2/c1-11-10-15(20-12(2)19)18(17-11)14-8-6-13(7-9-14)16(3,4)5/h6-10H,1-5H3. The van der Waals surface area contributed by atoms with Crippen LogP contribution >= 0.6 is 0 Å². The number of aryl methyl sites for hydroxylation is 1. The van der Waals surface area contributed by atoms with E-state index < -0.39 is 0 Å². The van der Waals surface area contributed by atoms with Gasteiger partial charge in [0.2, 0.25) is 5.88 Å². The molecule has 0 amide bonds. The molecular weight excluding hydrogens is 252 g/mol. The van der Waals surface area contributed by atoms with E-state index in [4.69, 9.17) is 4.74 Å². The number of carbonyl (C=O) groups excluding carboxylic acids is 1. The van der Waals surface area contributed by atoms with Gasteiger partial charge in [-0.05, 0) is 30.0 Å². The molecule has 2 aromatic rings.